The fraction of sp³-hybridized carbons (Fsp3) is 0.533. The first-order valence-corrected chi connectivity index (χ1v) is 7.56. The molecule has 2 aliphatic rings. The average Bonchev–Trinajstić information content (AvgIpc) is 3.16. The maximum Gasteiger partial charge on any atom is 0.246 e. The summed E-state index contributed by atoms with van der Waals surface area (Å²) in [6.07, 6.45) is 2.62. The minimum absolute atomic E-state index is 0.0000809. The number of fused-ring (bicyclic) bond motifs is 1. The summed E-state index contributed by atoms with van der Waals surface area (Å²) < 4.78 is 0. The van der Waals surface area contributed by atoms with E-state index in [-0.39, 0.29) is 11.9 Å². The normalized spacial score (nSPS) is 20.8. The van der Waals surface area contributed by atoms with Crippen LogP contribution in [0.25, 0.3) is 0 Å². The third kappa shape index (κ3) is 2.50. The maximum absolute atomic E-state index is 12.0. The standard InChI is InChI=1S/C15H20ClN3O/c1-3-17-14-10-6-11(16)13(7-12(10)18-15(14)20)19(2)8-9-4-5-9/h6-7,9,14,17H,3-5,8H2,1-2H3,(H,18,20). The zero-order chi connectivity index (χ0) is 14.3. The van der Waals surface area contributed by atoms with Crippen LogP contribution in [-0.2, 0) is 4.79 Å². The van der Waals surface area contributed by atoms with Crippen molar-refractivity contribution in [1.82, 2.24) is 5.32 Å². The summed E-state index contributed by atoms with van der Waals surface area (Å²) in [6.45, 7) is 3.77. The Morgan fingerprint density at radius 3 is 2.85 bits per heavy atom. The first-order valence-electron chi connectivity index (χ1n) is 7.19. The Hall–Kier alpha value is -1.26. The zero-order valence-electron chi connectivity index (χ0n) is 11.9. The highest BCUT2D eigenvalue weighted by atomic mass is 35.5. The first-order chi connectivity index (χ1) is 9.60. The van der Waals surface area contributed by atoms with E-state index < -0.39 is 0 Å². The van der Waals surface area contributed by atoms with Gasteiger partial charge in [-0.05, 0) is 37.4 Å². The van der Waals surface area contributed by atoms with Crippen LogP contribution in [0.1, 0.15) is 31.4 Å². The largest absolute Gasteiger partial charge is 0.373 e. The van der Waals surface area contributed by atoms with Crippen LogP contribution in [0, 0.1) is 5.92 Å². The van der Waals surface area contributed by atoms with E-state index in [0.29, 0.717) is 5.02 Å². The van der Waals surface area contributed by atoms with E-state index in [9.17, 15) is 4.79 Å². The number of anilines is 2. The van der Waals surface area contributed by atoms with Crippen molar-refractivity contribution < 1.29 is 4.79 Å². The summed E-state index contributed by atoms with van der Waals surface area (Å²) in [7, 11) is 2.06. The zero-order valence-corrected chi connectivity index (χ0v) is 12.6. The predicted octanol–water partition coefficient (Wildman–Crippen LogP) is 2.79. The van der Waals surface area contributed by atoms with Gasteiger partial charge in [-0.25, -0.2) is 0 Å². The smallest absolute Gasteiger partial charge is 0.246 e. The lowest BCUT2D eigenvalue weighted by Crippen LogP contribution is -2.27. The van der Waals surface area contributed by atoms with Gasteiger partial charge in [0.15, 0.2) is 0 Å². The van der Waals surface area contributed by atoms with Crippen LogP contribution < -0.4 is 15.5 Å². The molecule has 1 saturated carbocycles. The van der Waals surface area contributed by atoms with Crippen molar-refractivity contribution in [3.05, 3.63) is 22.7 Å². The lowest BCUT2D eigenvalue weighted by molar-refractivity contribution is -0.117. The fourth-order valence-electron chi connectivity index (χ4n) is 2.76. The highest BCUT2D eigenvalue weighted by Gasteiger charge is 2.31. The molecule has 1 fully saturated rings. The highest BCUT2D eigenvalue weighted by molar-refractivity contribution is 6.33. The van der Waals surface area contributed by atoms with Crippen LogP contribution in [0.4, 0.5) is 11.4 Å². The highest BCUT2D eigenvalue weighted by Crippen LogP contribution is 2.40. The van der Waals surface area contributed by atoms with Gasteiger partial charge >= 0.3 is 0 Å². The van der Waals surface area contributed by atoms with E-state index in [2.05, 4.69) is 22.6 Å². The van der Waals surface area contributed by atoms with Gasteiger partial charge < -0.3 is 15.5 Å². The minimum Gasteiger partial charge on any atom is -0.373 e. The second-order valence-corrected chi connectivity index (χ2v) is 6.10. The van der Waals surface area contributed by atoms with Crippen molar-refractivity contribution in [1.29, 1.82) is 0 Å². The topological polar surface area (TPSA) is 44.4 Å². The second kappa shape index (κ2) is 5.26. The Morgan fingerprint density at radius 1 is 1.45 bits per heavy atom. The van der Waals surface area contributed by atoms with E-state index in [0.717, 1.165) is 35.9 Å². The Morgan fingerprint density at radius 2 is 2.20 bits per heavy atom. The van der Waals surface area contributed by atoms with Gasteiger partial charge in [0.1, 0.15) is 6.04 Å². The maximum atomic E-state index is 12.0. The van der Waals surface area contributed by atoms with Crippen molar-refractivity contribution in [2.45, 2.75) is 25.8 Å². The van der Waals surface area contributed by atoms with Crippen LogP contribution in [0.5, 0.6) is 0 Å². The average molecular weight is 294 g/mol. The molecule has 1 aromatic carbocycles. The number of hydrogen-bond acceptors (Lipinski definition) is 3. The number of carbonyl (C=O) groups is 1. The van der Waals surface area contributed by atoms with E-state index >= 15 is 0 Å². The lowest BCUT2D eigenvalue weighted by atomic mass is 10.1. The van der Waals surface area contributed by atoms with Gasteiger partial charge in [-0.3, -0.25) is 4.79 Å². The Bertz CT molecular complexity index is 542. The number of nitrogens with one attached hydrogen (secondary N) is 2. The summed E-state index contributed by atoms with van der Waals surface area (Å²) in [5.41, 5.74) is 2.82. The summed E-state index contributed by atoms with van der Waals surface area (Å²) in [5.74, 6) is 0.799. The van der Waals surface area contributed by atoms with Gasteiger partial charge in [-0.15, -0.1) is 0 Å². The summed E-state index contributed by atoms with van der Waals surface area (Å²) in [6, 6.07) is 3.63. The van der Waals surface area contributed by atoms with Crippen LogP contribution in [0.3, 0.4) is 0 Å². The number of carbonyl (C=O) groups excluding carboxylic acids is 1. The molecule has 3 rings (SSSR count). The van der Waals surface area contributed by atoms with Gasteiger partial charge in [0.2, 0.25) is 5.91 Å². The Kier molecular flexibility index (Phi) is 3.61. The van der Waals surface area contributed by atoms with Crippen LogP contribution in [0.2, 0.25) is 5.02 Å². The third-order valence-electron chi connectivity index (χ3n) is 4.00. The molecular formula is C15H20ClN3O. The molecule has 2 N–H and O–H groups in total. The summed E-state index contributed by atoms with van der Waals surface area (Å²) in [4.78, 5) is 14.2. The molecule has 4 nitrogen and oxygen atoms in total. The molecule has 1 heterocycles. The molecule has 0 spiro atoms. The van der Waals surface area contributed by atoms with Gasteiger partial charge in [-0.1, -0.05) is 18.5 Å². The van der Waals surface area contributed by atoms with E-state index in [4.69, 9.17) is 11.6 Å². The van der Waals surface area contributed by atoms with Crippen molar-refractivity contribution >= 4 is 28.9 Å². The molecule has 0 bridgehead atoms. The van der Waals surface area contributed by atoms with Gasteiger partial charge in [0, 0.05) is 24.8 Å². The molecule has 1 aliphatic carbocycles. The first kappa shape index (κ1) is 13.7. The lowest BCUT2D eigenvalue weighted by Gasteiger charge is -2.21. The molecule has 1 atom stereocenters. The van der Waals surface area contributed by atoms with Crippen molar-refractivity contribution in [2.24, 2.45) is 5.92 Å². The molecule has 0 aromatic heterocycles. The molecule has 1 aromatic rings. The number of amides is 1. The van der Waals surface area contributed by atoms with Crippen LogP contribution in [0.15, 0.2) is 12.1 Å². The number of likely N-dealkylation sites (N-methyl/N-ethyl adjacent to an activating group) is 1. The second-order valence-electron chi connectivity index (χ2n) is 5.69. The fourth-order valence-corrected chi connectivity index (χ4v) is 3.07. The van der Waals surface area contributed by atoms with Crippen LogP contribution in [-0.4, -0.2) is 26.0 Å². The molecule has 0 radical (unpaired) electrons. The molecule has 1 amide bonds. The quantitative estimate of drug-likeness (QED) is 0.877. The molecule has 1 aliphatic heterocycles. The SMILES string of the molecule is CCNC1C(=O)Nc2cc(N(C)CC3CC3)c(Cl)cc21. The van der Waals surface area contributed by atoms with E-state index in [1.807, 2.05) is 19.1 Å². The molecule has 0 saturated heterocycles. The predicted molar refractivity (Wildman–Crippen MR) is 82.5 cm³/mol. The van der Waals surface area contributed by atoms with Gasteiger partial charge in [-0.2, -0.15) is 0 Å². The van der Waals surface area contributed by atoms with E-state index in [1.165, 1.54) is 12.8 Å². The molecule has 20 heavy (non-hydrogen) atoms. The van der Waals surface area contributed by atoms with Crippen molar-refractivity contribution in [3.63, 3.8) is 0 Å². The van der Waals surface area contributed by atoms with Crippen molar-refractivity contribution in [2.75, 3.05) is 30.4 Å². The molecular weight excluding hydrogens is 274 g/mol. The van der Waals surface area contributed by atoms with Crippen LogP contribution >= 0.6 is 11.6 Å². The Labute approximate surface area is 124 Å². The van der Waals surface area contributed by atoms with Gasteiger partial charge in [0.25, 0.3) is 0 Å². The third-order valence-corrected chi connectivity index (χ3v) is 4.30. The Balaban J connectivity index is 1.88. The van der Waals surface area contributed by atoms with Gasteiger partial charge in [0.05, 0.1) is 10.7 Å². The number of nitrogens with zero attached hydrogens (tertiary/aromatic N) is 1. The molecule has 5 heteroatoms. The molecule has 108 valence electrons. The number of rotatable bonds is 5. The van der Waals surface area contributed by atoms with Crippen molar-refractivity contribution in [3.8, 4) is 0 Å². The summed E-state index contributed by atoms with van der Waals surface area (Å²) in [5, 5.41) is 6.84. The molecule has 1 unspecified atom stereocenters. The monoisotopic (exact) mass is 293 g/mol. The number of halogens is 1. The minimum atomic E-state index is -0.282. The summed E-state index contributed by atoms with van der Waals surface area (Å²) >= 11 is 6.41. The van der Waals surface area contributed by atoms with E-state index in [1.54, 1.807) is 0 Å². The number of benzene rings is 1. The number of hydrogen-bond donors (Lipinski definition) is 2.